The van der Waals surface area contributed by atoms with E-state index in [9.17, 15) is 4.21 Å². The van der Waals surface area contributed by atoms with Crippen LogP contribution in [-0.2, 0) is 10.8 Å². The highest BCUT2D eigenvalue weighted by molar-refractivity contribution is 7.85. The van der Waals surface area contributed by atoms with Crippen LogP contribution in [0.25, 0.3) is 22.0 Å². The van der Waals surface area contributed by atoms with Crippen LogP contribution in [0.5, 0.6) is 0 Å². The minimum Gasteiger partial charge on any atom is -0.383 e. The Bertz CT molecular complexity index is 1130. The number of hydrogen-bond acceptors (Lipinski definition) is 5. The van der Waals surface area contributed by atoms with Gasteiger partial charge in [0.1, 0.15) is 5.82 Å². The van der Waals surface area contributed by atoms with Gasteiger partial charge >= 0.3 is 0 Å². The minimum atomic E-state index is -1.34. The van der Waals surface area contributed by atoms with Crippen LogP contribution in [0.15, 0.2) is 82.6 Å². The van der Waals surface area contributed by atoms with E-state index >= 15 is 0 Å². The van der Waals surface area contributed by atoms with E-state index in [0.717, 1.165) is 16.0 Å². The molecule has 0 spiro atoms. The molecule has 4 N–H and O–H groups in total. The smallest absolute Gasteiger partial charge is 0.222 e. The second kappa shape index (κ2) is 6.57. The largest absolute Gasteiger partial charge is 0.383 e. The molecular formula is C20H16N4OS. The van der Waals surface area contributed by atoms with E-state index in [1.54, 1.807) is 18.2 Å². The van der Waals surface area contributed by atoms with Gasteiger partial charge in [0.25, 0.3) is 0 Å². The number of nitrogens with two attached hydrogens (primary N) is 2. The molecule has 0 saturated carbocycles. The molecule has 0 bridgehead atoms. The van der Waals surface area contributed by atoms with Crippen molar-refractivity contribution in [3.05, 3.63) is 72.8 Å². The van der Waals surface area contributed by atoms with Crippen LogP contribution in [0.4, 0.5) is 11.8 Å². The van der Waals surface area contributed by atoms with E-state index in [1.165, 1.54) is 0 Å². The zero-order valence-corrected chi connectivity index (χ0v) is 14.6. The fourth-order valence-electron chi connectivity index (χ4n) is 2.82. The number of hydrogen-bond donors (Lipinski definition) is 2. The molecule has 0 aliphatic rings. The van der Waals surface area contributed by atoms with Gasteiger partial charge in [-0.1, -0.05) is 42.5 Å². The van der Waals surface area contributed by atoms with E-state index in [2.05, 4.69) is 9.97 Å². The monoisotopic (exact) mass is 360 g/mol. The Balaban J connectivity index is 1.75. The first-order valence-corrected chi connectivity index (χ1v) is 9.17. The lowest BCUT2D eigenvalue weighted by Crippen LogP contribution is -2.01. The molecule has 1 heterocycles. The molecule has 3 aromatic carbocycles. The molecule has 0 aliphatic carbocycles. The number of anilines is 2. The van der Waals surface area contributed by atoms with Gasteiger partial charge in [-0.25, -0.2) is 9.19 Å². The van der Waals surface area contributed by atoms with E-state index < -0.39 is 10.8 Å². The molecule has 4 rings (SSSR count). The third-order valence-electron chi connectivity index (χ3n) is 4.08. The van der Waals surface area contributed by atoms with Gasteiger partial charge < -0.3 is 11.5 Å². The molecular weight excluding hydrogens is 344 g/mol. The first-order chi connectivity index (χ1) is 12.6. The summed E-state index contributed by atoms with van der Waals surface area (Å²) in [6, 6.07) is 23.0. The first kappa shape index (κ1) is 16.2. The first-order valence-electron chi connectivity index (χ1n) is 8.02. The second-order valence-electron chi connectivity index (χ2n) is 5.81. The molecule has 5 nitrogen and oxygen atoms in total. The average molecular weight is 360 g/mol. The molecule has 0 aliphatic heterocycles. The molecule has 4 aromatic rings. The van der Waals surface area contributed by atoms with Crippen LogP contribution in [0.3, 0.4) is 0 Å². The summed E-state index contributed by atoms with van der Waals surface area (Å²) in [5, 5.41) is 0.643. The predicted molar refractivity (Wildman–Crippen MR) is 105 cm³/mol. The maximum atomic E-state index is 13.1. The van der Waals surface area contributed by atoms with Crippen LogP contribution >= 0.6 is 0 Å². The Morgan fingerprint density at radius 1 is 0.731 bits per heavy atom. The van der Waals surface area contributed by atoms with Gasteiger partial charge in [-0.05, 0) is 41.5 Å². The lowest BCUT2D eigenvalue weighted by atomic mass is 10.1. The Kier molecular flexibility index (Phi) is 4.10. The molecule has 0 fully saturated rings. The van der Waals surface area contributed by atoms with Gasteiger partial charge in [0, 0.05) is 15.2 Å². The molecule has 6 heteroatoms. The van der Waals surface area contributed by atoms with Gasteiger partial charge in [-0.3, -0.25) is 0 Å². The molecule has 0 unspecified atom stereocenters. The molecule has 0 saturated heterocycles. The van der Waals surface area contributed by atoms with E-state index in [-0.39, 0.29) is 11.8 Å². The molecule has 1 atom stereocenters. The zero-order valence-electron chi connectivity index (χ0n) is 13.8. The van der Waals surface area contributed by atoms with Crippen molar-refractivity contribution in [1.82, 2.24) is 9.97 Å². The third kappa shape index (κ3) is 3.02. The van der Waals surface area contributed by atoms with Crippen molar-refractivity contribution >= 4 is 33.5 Å². The fraction of sp³-hybridized carbons (Fsp3) is 0. The summed E-state index contributed by atoms with van der Waals surface area (Å²) in [5.41, 5.74) is 14.3. The van der Waals surface area contributed by atoms with Crippen molar-refractivity contribution in [2.24, 2.45) is 0 Å². The molecule has 0 amide bonds. The molecule has 1 aromatic heterocycles. The average Bonchev–Trinajstić information content (AvgIpc) is 2.68. The minimum absolute atomic E-state index is 0.124. The van der Waals surface area contributed by atoms with Crippen LogP contribution in [0, 0.1) is 0 Å². The second-order valence-corrected chi connectivity index (χ2v) is 7.29. The lowest BCUT2D eigenvalue weighted by molar-refractivity contribution is 0.683. The van der Waals surface area contributed by atoms with Crippen LogP contribution < -0.4 is 11.5 Å². The van der Waals surface area contributed by atoms with Gasteiger partial charge in [0.2, 0.25) is 5.95 Å². The number of aromatic nitrogens is 2. The Hall–Kier alpha value is -3.25. The summed E-state index contributed by atoms with van der Waals surface area (Å²) in [7, 11) is -1.34. The maximum Gasteiger partial charge on any atom is 0.222 e. The molecule has 26 heavy (non-hydrogen) atoms. The van der Waals surface area contributed by atoms with Gasteiger partial charge in [-0.2, -0.15) is 4.98 Å². The van der Waals surface area contributed by atoms with Crippen LogP contribution in [0.1, 0.15) is 0 Å². The quantitative estimate of drug-likeness (QED) is 0.582. The standard InChI is InChI=1S/C20H16N4OS/c21-19-17-12-16(9-10-18(17)23-20(22)24-19)26(25)15-8-4-7-14(11-15)13-5-2-1-3-6-13/h1-12H,(H4,21,22,23,24)/t26-/m1/s1. The molecule has 0 radical (unpaired) electrons. The Morgan fingerprint density at radius 2 is 1.46 bits per heavy atom. The van der Waals surface area contributed by atoms with Gasteiger partial charge in [-0.15, -0.1) is 0 Å². The normalized spacial score (nSPS) is 12.2. The van der Waals surface area contributed by atoms with E-state index in [0.29, 0.717) is 15.8 Å². The van der Waals surface area contributed by atoms with Crippen molar-refractivity contribution in [2.45, 2.75) is 9.79 Å². The number of benzene rings is 3. The van der Waals surface area contributed by atoms with E-state index in [1.807, 2.05) is 54.6 Å². The summed E-state index contributed by atoms with van der Waals surface area (Å²) >= 11 is 0. The zero-order chi connectivity index (χ0) is 18.1. The highest BCUT2D eigenvalue weighted by Crippen LogP contribution is 2.27. The maximum absolute atomic E-state index is 13.1. The van der Waals surface area contributed by atoms with Crippen LogP contribution in [-0.4, -0.2) is 14.2 Å². The SMILES string of the molecule is Nc1nc(N)c2cc([S@](=O)c3cccc(-c4ccccc4)c3)ccc2n1. The van der Waals surface area contributed by atoms with Crippen molar-refractivity contribution in [3.63, 3.8) is 0 Å². The van der Waals surface area contributed by atoms with Crippen molar-refractivity contribution < 1.29 is 4.21 Å². The highest BCUT2D eigenvalue weighted by Gasteiger charge is 2.11. The number of fused-ring (bicyclic) bond motifs is 1. The summed E-state index contributed by atoms with van der Waals surface area (Å²) in [6.45, 7) is 0. The van der Waals surface area contributed by atoms with Gasteiger partial charge in [0.05, 0.1) is 16.3 Å². The number of rotatable bonds is 3. The van der Waals surface area contributed by atoms with Crippen molar-refractivity contribution in [1.29, 1.82) is 0 Å². The predicted octanol–water partition coefficient (Wildman–Crippen LogP) is 3.63. The summed E-state index contributed by atoms with van der Waals surface area (Å²) < 4.78 is 13.1. The summed E-state index contributed by atoms with van der Waals surface area (Å²) in [6.07, 6.45) is 0. The number of nitrogens with zero attached hydrogens (tertiary/aromatic N) is 2. The summed E-state index contributed by atoms with van der Waals surface area (Å²) in [4.78, 5) is 9.49. The lowest BCUT2D eigenvalue weighted by Gasteiger charge is -2.08. The Labute approximate surface area is 153 Å². The molecule has 128 valence electrons. The summed E-state index contributed by atoms with van der Waals surface area (Å²) in [5.74, 6) is 0.406. The fourth-order valence-corrected chi connectivity index (χ4v) is 3.95. The van der Waals surface area contributed by atoms with Crippen molar-refractivity contribution in [3.8, 4) is 11.1 Å². The number of nitrogen functional groups attached to an aromatic ring is 2. The van der Waals surface area contributed by atoms with Crippen LogP contribution in [0.2, 0.25) is 0 Å². The van der Waals surface area contributed by atoms with Crippen molar-refractivity contribution in [2.75, 3.05) is 11.5 Å². The van der Waals surface area contributed by atoms with E-state index in [4.69, 9.17) is 11.5 Å². The third-order valence-corrected chi connectivity index (χ3v) is 5.45. The van der Waals surface area contributed by atoms with Gasteiger partial charge in [0.15, 0.2) is 0 Å². The topological polar surface area (TPSA) is 94.9 Å². The Morgan fingerprint density at radius 3 is 2.27 bits per heavy atom. The highest BCUT2D eigenvalue weighted by atomic mass is 32.2.